The summed E-state index contributed by atoms with van der Waals surface area (Å²) in [6.07, 6.45) is -5.85. The van der Waals surface area contributed by atoms with E-state index in [0.29, 0.717) is 30.5 Å². The number of hydrogen-bond donors (Lipinski definition) is 3. The number of fused-ring (bicyclic) bond motifs is 5. The Hall–Kier alpha value is -4.56. The molecule has 2 aromatic rings. The predicted octanol–water partition coefficient (Wildman–Crippen LogP) is 5.34. The first kappa shape index (κ1) is 45.5. The molecule has 15 nitrogen and oxygen atoms in total. The number of carbonyl (C=O) groups excluding carboxylic acids is 4. The van der Waals surface area contributed by atoms with Gasteiger partial charge >= 0.3 is 12.3 Å². The highest BCUT2D eigenvalue weighted by molar-refractivity contribution is 7.91. The maximum Gasteiger partial charge on any atom is 0.422 e. The van der Waals surface area contributed by atoms with Crippen LogP contribution in [0.2, 0.25) is 0 Å². The fourth-order valence-corrected chi connectivity index (χ4v) is 9.85. The van der Waals surface area contributed by atoms with Gasteiger partial charge in [-0.1, -0.05) is 40.5 Å². The van der Waals surface area contributed by atoms with Gasteiger partial charge < -0.3 is 29.7 Å². The van der Waals surface area contributed by atoms with E-state index < -0.39 is 105 Å². The number of ether oxygens (including phenoxy) is 3. The zero-order valence-corrected chi connectivity index (χ0v) is 36.0. The maximum absolute atomic E-state index is 14.9. The second-order valence-corrected chi connectivity index (χ2v) is 20.9. The molecule has 7 rings (SSSR count). The molecular weight excluding hydrogens is 848 g/mol. The van der Waals surface area contributed by atoms with Gasteiger partial charge in [0, 0.05) is 12.0 Å². The van der Waals surface area contributed by atoms with Crippen LogP contribution in [0.15, 0.2) is 18.2 Å². The van der Waals surface area contributed by atoms with Crippen molar-refractivity contribution < 1.29 is 63.8 Å². The van der Waals surface area contributed by atoms with Crippen LogP contribution >= 0.6 is 0 Å². The molecule has 2 bridgehead atoms. The third kappa shape index (κ3) is 9.51. The number of amides is 4. The van der Waals surface area contributed by atoms with E-state index in [1.165, 1.54) is 25.1 Å². The molecular formula is C41H53F5N6O9S. The van der Waals surface area contributed by atoms with Crippen molar-refractivity contribution in [3.8, 4) is 11.6 Å². The van der Waals surface area contributed by atoms with Crippen LogP contribution in [0.3, 0.4) is 0 Å². The molecule has 3 saturated carbocycles. The van der Waals surface area contributed by atoms with Crippen LogP contribution in [0.4, 0.5) is 26.7 Å². The SMILES string of the molecule is CC[C@@H]1[C@@H]2CN(C(=O)[C@H](C(C)(C)C)NC(=O)O[C@@H]3C[C@H]3CCCCCc3nc4ccc(OCC(F)(F)F)cc4nc3O2)[C@@H]1C(=O)N[C@]1(C(=O)NS(=O)(=O)C2(C)CC2)CC1C(F)F. The van der Waals surface area contributed by atoms with Crippen LogP contribution in [-0.2, 0) is 35.6 Å². The van der Waals surface area contributed by atoms with Gasteiger partial charge in [-0.05, 0) is 81.8 Å². The van der Waals surface area contributed by atoms with Crippen molar-refractivity contribution in [1.29, 1.82) is 0 Å². The van der Waals surface area contributed by atoms with Crippen LogP contribution < -0.4 is 24.8 Å². The minimum atomic E-state index is -4.60. The molecule has 1 aromatic heterocycles. The second kappa shape index (κ2) is 16.5. The average Bonchev–Trinajstić information content (AvgIpc) is 4.13. The van der Waals surface area contributed by atoms with E-state index >= 15 is 0 Å². The number of aromatic nitrogens is 2. The van der Waals surface area contributed by atoms with Crippen LogP contribution in [-0.4, -0.2) is 107 Å². The lowest BCUT2D eigenvalue weighted by atomic mass is 9.85. The van der Waals surface area contributed by atoms with Crippen LogP contribution in [0.1, 0.15) is 98.1 Å². The topological polar surface area (TPSA) is 195 Å². The van der Waals surface area contributed by atoms with E-state index in [9.17, 15) is 49.5 Å². The van der Waals surface area contributed by atoms with Gasteiger partial charge in [-0.15, -0.1) is 0 Å². The van der Waals surface area contributed by atoms with Crippen molar-refractivity contribution in [2.75, 3.05) is 13.2 Å². The van der Waals surface area contributed by atoms with Crippen molar-refractivity contribution in [1.82, 2.24) is 30.2 Å². The molecule has 1 saturated heterocycles. The molecule has 4 fully saturated rings. The molecule has 4 amide bonds. The molecule has 0 spiro atoms. The predicted molar refractivity (Wildman–Crippen MR) is 211 cm³/mol. The molecule has 21 heteroatoms. The van der Waals surface area contributed by atoms with E-state index in [4.69, 9.17) is 19.2 Å². The lowest BCUT2D eigenvalue weighted by molar-refractivity contribution is -0.153. The molecule has 3 heterocycles. The Kier molecular flexibility index (Phi) is 12.1. The Bertz CT molecular complexity index is 2200. The number of alkyl halides is 5. The summed E-state index contributed by atoms with van der Waals surface area (Å²) in [6, 6.07) is 1.32. The molecule has 0 radical (unpaired) electrons. The van der Waals surface area contributed by atoms with Gasteiger partial charge in [-0.25, -0.2) is 32.0 Å². The van der Waals surface area contributed by atoms with Crippen molar-refractivity contribution >= 4 is 44.9 Å². The fourth-order valence-electron chi connectivity index (χ4n) is 8.54. The second-order valence-electron chi connectivity index (χ2n) is 18.7. The highest BCUT2D eigenvalue weighted by Crippen LogP contribution is 2.50. The van der Waals surface area contributed by atoms with Gasteiger partial charge in [-0.2, -0.15) is 13.2 Å². The molecule has 342 valence electrons. The molecule has 62 heavy (non-hydrogen) atoms. The summed E-state index contributed by atoms with van der Waals surface area (Å²) in [5.74, 6) is -5.74. The molecule has 5 aliphatic rings. The van der Waals surface area contributed by atoms with E-state index in [2.05, 4.69) is 15.6 Å². The van der Waals surface area contributed by atoms with Gasteiger partial charge in [0.2, 0.25) is 34.1 Å². The number of alkyl carbamates (subject to hydrolysis) is 1. The average molecular weight is 901 g/mol. The number of rotatable bonds is 9. The van der Waals surface area contributed by atoms with Crippen molar-refractivity contribution in [3.63, 3.8) is 0 Å². The fraction of sp³-hybridized carbons (Fsp3) is 0.707. The van der Waals surface area contributed by atoms with E-state index in [1.807, 2.05) is 4.72 Å². The normalized spacial score (nSPS) is 30.1. The third-order valence-electron chi connectivity index (χ3n) is 12.8. The van der Waals surface area contributed by atoms with Crippen molar-refractivity contribution in [3.05, 3.63) is 23.9 Å². The Morgan fingerprint density at radius 1 is 1.05 bits per heavy atom. The number of hydrogen-bond acceptors (Lipinski definition) is 11. The number of aryl methyl sites for hydroxylation is 1. The minimum absolute atomic E-state index is 0.00518. The first-order valence-electron chi connectivity index (χ1n) is 21.1. The zero-order chi connectivity index (χ0) is 45.2. The number of nitrogens with one attached hydrogen (secondary N) is 3. The summed E-state index contributed by atoms with van der Waals surface area (Å²) in [5, 5.41) is 5.14. The molecule has 3 N–H and O–H groups in total. The summed E-state index contributed by atoms with van der Waals surface area (Å²) in [7, 11) is -4.30. The zero-order valence-electron chi connectivity index (χ0n) is 35.2. The van der Waals surface area contributed by atoms with Crippen molar-refractivity contribution in [2.45, 2.75) is 146 Å². The van der Waals surface area contributed by atoms with E-state index in [1.54, 1.807) is 27.7 Å². The Morgan fingerprint density at radius 3 is 2.40 bits per heavy atom. The Balaban J connectivity index is 1.27. The standard InChI is InChI=1S/C41H53F5N6O9S/c1-6-23-29-19-52(30(23)33(53)50-40(18-24(40)32(42)43)36(55)51-62(57,58)39(5)14-15-39)35(54)31(38(2,3)4)49-37(56)61-28-16-21(28)10-8-7-9-11-26-34(60-29)48-27-17-22(12-13-25(27)47-26)59-20-41(44,45)46/h12-13,17,21,23-24,28-32H,6-11,14-16,18-20H2,1-5H3,(H,49,56)(H,50,53)(H,51,55)/t21-,23-,24?,28-,29+,30+,31-,40-/m1/s1. The van der Waals surface area contributed by atoms with E-state index in [0.717, 1.165) is 24.2 Å². The molecule has 8 atom stereocenters. The number of benzene rings is 1. The van der Waals surface area contributed by atoms with Crippen molar-refractivity contribution in [2.24, 2.45) is 23.2 Å². The lowest BCUT2D eigenvalue weighted by Gasteiger charge is -2.36. The summed E-state index contributed by atoms with van der Waals surface area (Å²) in [6.45, 7) is 6.35. The van der Waals surface area contributed by atoms with Gasteiger partial charge in [0.15, 0.2) is 6.61 Å². The quantitative estimate of drug-likeness (QED) is 0.275. The molecule has 1 unspecified atom stereocenters. The monoisotopic (exact) mass is 900 g/mol. The van der Waals surface area contributed by atoms with Gasteiger partial charge in [0.1, 0.15) is 41.3 Å². The lowest BCUT2D eigenvalue weighted by Crippen LogP contribution is -2.61. The summed E-state index contributed by atoms with van der Waals surface area (Å²) in [4.78, 5) is 67.2. The molecule has 1 aromatic carbocycles. The molecule has 2 aliphatic heterocycles. The number of nitrogens with zero attached hydrogens (tertiary/aromatic N) is 3. The first-order chi connectivity index (χ1) is 28.9. The number of halogens is 5. The summed E-state index contributed by atoms with van der Waals surface area (Å²) in [5.41, 5.74) is -2.39. The highest BCUT2D eigenvalue weighted by Gasteiger charge is 2.68. The summed E-state index contributed by atoms with van der Waals surface area (Å²) >= 11 is 0. The smallest absolute Gasteiger partial charge is 0.422 e. The molecule has 3 aliphatic carbocycles. The Morgan fingerprint density at radius 2 is 1.77 bits per heavy atom. The largest absolute Gasteiger partial charge is 0.484 e. The minimum Gasteiger partial charge on any atom is -0.484 e. The van der Waals surface area contributed by atoms with Crippen LogP contribution in [0.5, 0.6) is 11.6 Å². The van der Waals surface area contributed by atoms with Crippen LogP contribution in [0, 0.1) is 23.2 Å². The maximum atomic E-state index is 14.9. The van der Waals surface area contributed by atoms with Gasteiger partial charge in [0.05, 0.1) is 28.2 Å². The van der Waals surface area contributed by atoms with Crippen LogP contribution in [0.25, 0.3) is 11.0 Å². The first-order valence-corrected chi connectivity index (χ1v) is 22.5. The van der Waals surface area contributed by atoms with E-state index in [-0.39, 0.29) is 55.0 Å². The van der Waals surface area contributed by atoms with Gasteiger partial charge in [-0.3, -0.25) is 19.1 Å². The summed E-state index contributed by atoms with van der Waals surface area (Å²) < 4.78 is 112. The van der Waals surface area contributed by atoms with Gasteiger partial charge in [0.25, 0.3) is 5.91 Å². The number of carbonyl (C=O) groups is 4. The Labute approximate surface area is 356 Å². The third-order valence-corrected chi connectivity index (χ3v) is 15.0. The number of sulfonamides is 1. The highest BCUT2D eigenvalue weighted by atomic mass is 32.2.